The summed E-state index contributed by atoms with van der Waals surface area (Å²) in [4.78, 5) is 30.1. The van der Waals surface area contributed by atoms with E-state index in [1.165, 1.54) is 0 Å². The van der Waals surface area contributed by atoms with Crippen molar-refractivity contribution in [3.05, 3.63) is 41.3 Å². The number of nitrogens with zero attached hydrogens (tertiary/aromatic N) is 3. The number of fused-ring (bicyclic) bond motifs is 3. The zero-order valence-corrected chi connectivity index (χ0v) is 10.4. The average Bonchev–Trinajstić information content (AvgIpc) is 2.47. The van der Waals surface area contributed by atoms with Crippen LogP contribution in [0.5, 0.6) is 0 Å². The zero-order valence-electron chi connectivity index (χ0n) is 10.4. The van der Waals surface area contributed by atoms with Crippen LogP contribution in [0.3, 0.4) is 0 Å². The monoisotopic (exact) mass is 272 g/mol. The average molecular weight is 272 g/mol. The molecule has 0 spiro atoms. The van der Waals surface area contributed by atoms with E-state index in [9.17, 15) is 4.79 Å². The van der Waals surface area contributed by atoms with E-state index in [0.717, 1.165) is 17.1 Å². The molecule has 0 saturated carbocycles. The largest absolute Gasteiger partial charge is 0.483 e. The van der Waals surface area contributed by atoms with E-state index in [1.807, 2.05) is 11.0 Å². The van der Waals surface area contributed by atoms with Crippen LogP contribution < -0.4 is 10.6 Å². The number of carbonyl (C=O) groups excluding carboxylic acids is 1. The number of hydrogen-bond donors (Lipinski definition) is 2. The Hall–Kier alpha value is -2.96. The summed E-state index contributed by atoms with van der Waals surface area (Å²) in [6.07, 6.45) is 5.16. The van der Waals surface area contributed by atoms with Crippen molar-refractivity contribution in [3.8, 4) is 0 Å². The molecule has 0 atom stereocenters. The Morgan fingerprint density at radius 2 is 2.20 bits per heavy atom. The zero-order chi connectivity index (χ0) is 14.5. The van der Waals surface area contributed by atoms with Gasteiger partial charge in [-0.05, 0) is 6.07 Å². The molecule has 0 bridgehead atoms. The van der Waals surface area contributed by atoms with Gasteiger partial charge in [-0.15, -0.1) is 0 Å². The second-order valence-electron chi connectivity index (χ2n) is 3.90. The van der Waals surface area contributed by atoms with E-state index in [1.54, 1.807) is 30.8 Å². The minimum Gasteiger partial charge on any atom is -0.483 e. The van der Waals surface area contributed by atoms with E-state index in [0.29, 0.717) is 12.1 Å². The molecule has 1 amide bonds. The van der Waals surface area contributed by atoms with Gasteiger partial charge in [-0.25, -0.2) is 4.99 Å². The first-order valence-electron chi connectivity index (χ1n) is 5.73. The molecule has 7 heteroatoms. The Labute approximate surface area is 114 Å². The molecule has 2 heterocycles. The predicted octanol–water partition coefficient (Wildman–Crippen LogP) is 0.609. The van der Waals surface area contributed by atoms with Crippen LogP contribution in [-0.4, -0.2) is 36.5 Å². The van der Waals surface area contributed by atoms with Crippen molar-refractivity contribution in [2.24, 2.45) is 15.7 Å². The van der Waals surface area contributed by atoms with E-state index >= 15 is 0 Å². The van der Waals surface area contributed by atoms with Gasteiger partial charge in [0.15, 0.2) is 5.82 Å². The van der Waals surface area contributed by atoms with Gasteiger partial charge in [-0.1, -0.05) is 12.1 Å². The SMILES string of the molecule is NC(=O)c1cccc2c1N1CC=NC=C1N=C2.O=CO. The fraction of sp³-hybridized carbons (Fsp3) is 0.0769. The maximum atomic E-state index is 11.4. The number of hydrogen-bond acceptors (Lipinski definition) is 5. The van der Waals surface area contributed by atoms with Gasteiger partial charge in [-0.2, -0.15) is 0 Å². The van der Waals surface area contributed by atoms with Crippen molar-refractivity contribution < 1.29 is 14.7 Å². The summed E-state index contributed by atoms with van der Waals surface area (Å²) in [5, 5.41) is 6.89. The molecule has 0 radical (unpaired) electrons. The van der Waals surface area contributed by atoms with Gasteiger partial charge in [-0.3, -0.25) is 14.6 Å². The molecule has 0 aromatic heterocycles. The number of rotatable bonds is 1. The highest BCUT2D eigenvalue weighted by Crippen LogP contribution is 2.31. The molecule has 1 aromatic rings. The summed E-state index contributed by atoms with van der Waals surface area (Å²) in [6.45, 7) is 0.348. The molecule has 0 fully saturated rings. The Morgan fingerprint density at radius 3 is 2.90 bits per heavy atom. The number of amides is 1. The number of nitrogens with two attached hydrogens (primary N) is 1. The van der Waals surface area contributed by atoms with Crippen LogP contribution >= 0.6 is 0 Å². The van der Waals surface area contributed by atoms with Crippen LogP contribution in [-0.2, 0) is 4.79 Å². The molecule has 0 aliphatic carbocycles. The third-order valence-electron chi connectivity index (χ3n) is 2.77. The fourth-order valence-corrected chi connectivity index (χ4v) is 2.02. The van der Waals surface area contributed by atoms with Gasteiger partial charge in [0.1, 0.15) is 0 Å². The summed E-state index contributed by atoms with van der Waals surface area (Å²) < 4.78 is 0. The van der Waals surface area contributed by atoms with Crippen molar-refractivity contribution in [1.29, 1.82) is 0 Å². The molecule has 3 N–H and O–H groups in total. The lowest BCUT2D eigenvalue weighted by molar-refractivity contribution is -0.122. The molecular formula is C13H12N4O3. The lowest BCUT2D eigenvalue weighted by Gasteiger charge is -2.30. The van der Waals surface area contributed by atoms with E-state index < -0.39 is 5.91 Å². The van der Waals surface area contributed by atoms with E-state index in [2.05, 4.69) is 9.98 Å². The molecule has 20 heavy (non-hydrogen) atoms. The second kappa shape index (κ2) is 5.79. The molecule has 2 aliphatic heterocycles. The molecule has 3 rings (SSSR count). The molecular weight excluding hydrogens is 260 g/mol. The quantitative estimate of drug-likeness (QED) is 0.730. The minimum atomic E-state index is -0.431. The number of aliphatic imine (C=N–C) groups is 2. The Bertz CT molecular complexity index is 635. The molecule has 0 unspecified atom stereocenters. The number of para-hydroxylation sites is 1. The van der Waals surface area contributed by atoms with E-state index in [4.69, 9.17) is 15.6 Å². The summed E-state index contributed by atoms with van der Waals surface area (Å²) >= 11 is 0. The van der Waals surface area contributed by atoms with Gasteiger partial charge in [0.25, 0.3) is 12.4 Å². The van der Waals surface area contributed by atoms with Crippen molar-refractivity contribution in [2.75, 3.05) is 11.4 Å². The van der Waals surface area contributed by atoms with Crippen molar-refractivity contribution >= 4 is 30.5 Å². The number of anilines is 1. The third kappa shape index (κ3) is 2.41. The maximum absolute atomic E-state index is 11.4. The van der Waals surface area contributed by atoms with Gasteiger partial charge < -0.3 is 15.7 Å². The molecule has 102 valence electrons. The Morgan fingerprint density at radius 1 is 1.45 bits per heavy atom. The van der Waals surface area contributed by atoms with Crippen LogP contribution in [0.25, 0.3) is 0 Å². The highest BCUT2D eigenvalue weighted by Gasteiger charge is 2.24. The molecule has 7 nitrogen and oxygen atoms in total. The Balaban J connectivity index is 0.000000452. The lowest BCUT2D eigenvalue weighted by atomic mass is 10.0. The predicted molar refractivity (Wildman–Crippen MR) is 75.2 cm³/mol. The fourth-order valence-electron chi connectivity index (χ4n) is 2.02. The highest BCUT2D eigenvalue weighted by molar-refractivity contribution is 6.05. The Kier molecular flexibility index (Phi) is 3.90. The molecule has 1 aromatic carbocycles. The van der Waals surface area contributed by atoms with Crippen molar-refractivity contribution in [3.63, 3.8) is 0 Å². The first-order chi connectivity index (χ1) is 9.69. The van der Waals surface area contributed by atoms with Gasteiger partial charge in [0.2, 0.25) is 0 Å². The van der Waals surface area contributed by atoms with Crippen LogP contribution in [0.1, 0.15) is 15.9 Å². The van der Waals surface area contributed by atoms with Crippen LogP contribution in [0.4, 0.5) is 5.69 Å². The number of carbonyl (C=O) groups is 2. The highest BCUT2D eigenvalue weighted by atomic mass is 16.3. The summed E-state index contributed by atoms with van der Waals surface area (Å²) in [5.74, 6) is 0.299. The van der Waals surface area contributed by atoms with Gasteiger partial charge >= 0.3 is 0 Å². The second-order valence-corrected chi connectivity index (χ2v) is 3.90. The summed E-state index contributed by atoms with van der Waals surface area (Å²) in [5.41, 5.74) is 7.61. The van der Waals surface area contributed by atoms with Crippen LogP contribution in [0, 0.1) is 0 Å². The number of carboxylic acid groups (broad SMARTS) is 1. The first kappa shape index (κ1) is 13.5. The van der Waals surface area contributed by atoms with Crippen LogP contribution in [0.15, 0.2) is 40.2 Å². The third-order valence-corrected chi connectivity index (χ3v) is 2.77. The number of primary amides is 1. The normalized spacial score (nSPS) is 14.4. The van der Waals surface area contributed by atoms with E-state index in [-0.39, 0.29) is 6.47 Å². The maximum Gasteiger partial charge on any atom is 0.290 e. The van der Waals surface area contributed by atoms with Gasteiger partial charge in [0, 0.05) is 18.0 Å². The standard InChI is InChI=1S/C12H10N4O.CH2O2/c13-12(17)9-3-1-2-8-6-15-10-7-14-4-5-16(10)11(8)9;2-1-3/h1-4,6-7H,5H2,(H2,13,17);1H,(H,2,3). The lowest BCUT2D eigenvalue weighted by Crippen LogP contribution is -2.31. The van der Waals surface area contributed by atoms with Crippen LogP contribution in [0.2, 0.25) is 0 Å². The smallest absolute Gasteiger partial charge is 0.290 e. The number of benzene rings is 1. The van der Waals surface area contributed by atoms with Crippen molar-refractivity contribution in [2.45, 2.75) is 0 Å². The topological polar surface area (TPSA) is 108 Å². The molecule has 2 aliphatic rings. The van der Waals surface area contributed by atoms with Gasteiger partial charge in [0.05, 0.1) is 24.0 Å². The summed E-state index contributed by atoms with van der Waals surface area (Å²) in [6, 6.07) is 5.44. The summed E-state index contributed by atoms with van der Waals surface area (Å²) in [7, 11) is 0. The molecule has 0 saturated heterocycles. The van der Waals surface area contributed by atoms with Crippen molar-refractivity contribution in [1.82, 2.24) is 0 Å². The minimum absolute atomic E-state index is 0.250. The first-order valence-corrected chi connectivity index (χ1v) is 5.73.